The average molecular weight is 360 g/mol. The molecule has 0 aliphatic carbocycles. The third-order valence-corrected chi connectivity index (χ3v) is 4.25. The molecule has 0 aliphatic rings. The Morgan fingerprint density at radius 3 is 2.32 bits per heavy atom. The van der Waals surface area contributed by atoms with Gasteiger partial charge in [0.1, 0.15) is 11.5 Å². The van der Waals surface area contributed by atoms with Gasteiger partial charge >= 0.3 is 6.01 Å². The van der Waals surface area contributed by atoms with Crippen LogP contribution in [0.3, 0.4) is 0 Å². The third kappa shape index (κ3) is 3.39. The van der Waals surface area contributed by atoms with Gasteiger partial charge in [-0.3, -0.25) is 4.57 Å². The molecular weight excluding hydrogens is 342 g/mol. The van der Waals surface area contributed by atoms with Gasteiger partial charge in [-0.1, -0.05) is 42.7 Å². The lowest BCUT2D eigenvalue weighted by Crippen LogP contribution is -2.03. The molecule has 130 valence electrons. The zero-order valence-electron chi connectivity index (χ0n) is 13.8. The van der Waals surface area contributed by atoms with Crippen molar-refractivity contribution in [1.29, 1.82) is 0 Å². The minimum absolute atomic E-state index is 0.0178. The Kier molecular flexibility index (Phi) is 4.55. The van der Waals surface area contributed by atoms with E-state index in [0.717, 1.165) is 5.56 Å². The lowest BCUT2D eigenvalue weighted by atomic mass is 9.98. The summed E-state index contributed by atoms with van der Waals surface area (Å²) in [6.07, 6.45) is 0. The molecule has 3 N–H and O–H groups in total. The largest absolute Gasteiger partial charge is 0.508 e. The second-order valence-corrected chi connectivity index (χ2v) is 6.56. The van der Waals surface area contributed by atoms with Gasteiger partial charge in [-0.2, -0.15) is 0 Å². The zero-order valence-corrected chi connectivity index (χ0v) is 14.6. The average Bonchev–Trinajstić information content (AvgIpc) is 2.90. The summed E-state index contributed by atoms with van der Waals surface area (Å²) >= 11 is 5.90. The smallest absolute Gasteiger partial charge is 0.315 e. The van der Waals surface area contributed by atoms with E-state index in [1.54, 1.807) is 18.2 Å². The van der Waals surface area contributed by atoms with Gasteiger partial charge in [0.2, 0.25) is 0 Å². The third-order valence-electron chi connectivity index (χ3n) is 3.99. The van der Waals surface area contributed by atoms with E-state index in [1.807, 2.05) is 26.0 Å². The molecule has 0 atom stereocenters. The van der Waals surface area contributed by atoms with Crippen LogP contribution in [-0.2, 0) is 6.54 Å². The first-order valence-corrected chi connectivity index (χ1v) is 8.17. The number of hydrogen-bond donors (Lipinski definition) is 3. The van der Waals surface area contributed by atoms with Crippen molar-refractivity contribution >= 4 is 11.6 Å². The highest BCUT2D eigenvalue weighted by Crippen LogP contribution is 2.38. The van der Waals surface area contributed by atoms with Crippen molar-refractivity contribution in [1.82, 2.24) is 14.8 Å². The first-order valence-electron chi connectivity index (χ1n) is 7.79. The van der Waals surface area contributed by atoms with E-state index in [0.29, 0.717) is 28.5 Å². The topological polar surface area (TPSA) is 91.4 Å². The second kappa shape index (κ2) is 6.64. The molecule has 1 heterocycles. The highest BCUT2D eigenvalue weighted by atomic mass is 35.5. The number of aromatic nitrogens is 3. The molecule has 25 heavy (non-hydrogen) atoms. The number of benzene rings is 2. The molecular formula is C18H18ClN3O3. The van der Waals surface area contributed by atoms with E-state index < -0.39 is 0 Å². The molecule has 0 fully saturated rings. The Labute approximate surface area is 150 Å². The Balaban J connectivity index is 2.07. The van der Waals surface area contributed by atoms with Crippen LogP contribution in [0, 0.1) is 0 Å². The summed E-state index contributed by atoms with van der Waals surface area (Å²) in [5, 5.41) is 38.6. The van der Waals surface area contributed by atoms with Crippen molar-refractivity contribution in [2.24, 2.45) is 0 Å². The number of phenolic OH excluding ortho intramolecular Hbond substituents is 2. The minimum Gasteiger partial charge on any atom is -0.508 e. The zero-order chi connectivity index (χ0) is 18.1. The van der Waals surface area contributed by atoms with Crippen LogP contribution in [0.2, 0.25) is 5.02 Å². The number of hydrogen-bond acceptors (Lipinski definition) is 5. The van der Waals surface area contributed by atoms with E-state index in [2.05, 4.69) is 10.2 Å². The lowest BCUT2D eigenvalue weighted by Gasteiger charge is -2.13. The van der Waals surface area contributed by atoms with E-state index in [-0.39, 0.29) is 23.4 Å². The molecule has 3 aromatic rings. The summed E-state index contributed by atoms with van der Waals surface area (Å²) in [7, 11) is 0. The highest BCUT2D eigenvalue weighted by Gasteiger charge is 2.19. The van der Waals surface area contributed by atoms with Crippen molar-refractivity contribution in [3.63, 3.8) is 0 Å². The van der Waals surface area contributed by atoms with Gasteiger partial charge in [0, 0.05) is 11.1 Å². The Hall–Kier alpha value is -2.73. The predicted octanol–water partition coefficient (Wildman–Crippen LogP) is 3.89. The Morgan fingerprint density at radius 2 is 1.68 bits per heavy atom. The lowest BCUT2D eigenvalue weighted by molar-refractivity contribution is 0.404. The number of nitrogens with zero attached hydrogens (tertiary/aromatic N) is 3. The summed E-state index contributed by atoms with van der Waals surface area (Å²) in [5.41, 5.74) is 1.96. The molecule has 6 nitrogen and oxygen atoms in total. The summed E-state index contributed by atoms with van der Waals surface area (Å²) in [6.45, 7) is 4.18. The van der Waals surface area contributed by atoms with Crippen molar-refractivity contribution in [2.45, 2.75) is 26.3 Å². The number of phenols is 2. The van der Waals surface area contributed by atoms with E-state index in [9.17, 15) is 15.3 Å². The van der Waals surface area contributed by atoms with Crippen molar-refractivity contribution in [3.8, 4) is 28.9 Å². The normalized spacial score (nSPS) is 11.2. The fraction of sp³-hybridized carbons (Fsp3) is 0.222. The van der Waals surface area contributed by atoms with Gasteiger partial charge in [-0.15, -0.1) is 5.10 Å². The highest BCUT2D eigenvalue weighted by molar-refractivity contribution is 6.30. The van der Waals surface area contributed by atoms with Gasteiger partial charge in [-0.25, -0.2) is 0 Å². The van der Waals surface area contributed by atoms with Crippen molar-refractivity contribution < 1.29 is 15.3 Å². The number of aromatic hydroxyl groups is 3. The molecule has 7 heteroatoms. The van der Waals surface area contributed by atoms with E-state index in [4.69, 9.17) is 11.6 Å². The van der Waals surface area contributed by atoms with E-state index in [1.165, 1.54) is 10.6 Å². The molecule has 0 saturated carbocycles. The maximum absolute atomic E-state index is 10.2. The van der Waals surface area contributed by atoms with Gasteiger partial charge < -0.3 is 15.3 Å². The van der Waals surface area contributed by atoms with Crippen LogP contribution in [0.4, 0.5) is 0 Å². The van der Waals surface area contributed by atoms with Crippen LogP contribution in [0.5, 0.6) is 17.5 Å². The summed E-state index contributed by atoms with van der Waals surface area (Å²) < 4.78 is 1.49. The van der Waals surface area contributed by atoms with Crippen LogP contribution in [0.25, 0.3) is 11.4 Å². The molecule has 0 amide bonds. The standard InChI is InChI=1S/C18H18ClN3O3/c1-10(2)13-7-14(16(24)8-15(13)23)17-20-21-18(25)22(17)9-11-3-5-12(19)6-4-11/h3-8,10,23-24H,9H2,1-2H3,(H,21,25). The van der Waals surface area contributed by atoms with Gasteiger partial charge in [0.25, 0.3) is 0 Å². The molecule has 2 aromatic carbocycles. The first-order chi connectivity index (χ1) is 11.9. The van der Waals surface area contributed by atoms with E-state index >= 15 is 0 Å². The first kappa shape index (κ1) is 17.1. The van der Waals surface area contributed by atoms with Crippen LogP contribution in [-0.4, -0.2) is 30.1 Å². The summed E-state index contributed by atoms with van der Waals surface area (Å²) in [4.78, 5) is 0. The second-order valence-electron chi connectivity index (χ2n) is 6.12. The SMILES string of the molecule is CC(C)c1cc(-c2nnc(O)n2Cc2ccc(Cl)cc2)c(O)cc1O. The Bertz CT molecular complexity index is 905. The van der Waals surface area contributed by atoms with Gasteiger partial charge in [0.05, 0.1) is 12.1 Å². The quantitative estimate of drug-likeness (QED) is 0.657. The van der Waals surface area contributed by atoms with Crippen LogP contribution >= 0.6 is 11.6 Å². The maximum Gasteiger partial charge on any atom is 0.315 e. The van der Waals surface area contributed by atoms with Gasteiger partial charge in [-0.05, 0) is 35.2 Å². The van der Waals surface area contributed by atoms with Crippen LogP contribution in [0.1, 0.15) is 30.9 Å². The monoisotopic (exact) mass is 359 g/mol. The molecule has 0 spiro atoms. The van der Waals surface area contributed by atoms with Gasteiger partial charge in [0.15, 0.2) is 5.82 Å². The predicted molar refractivity (Wildman–Crippen MR) is 95.1 cm³/mol. The fourth-order valence-corrected chi connectivity index (χ4v) is 2.77. The van der Waals surface area contributed by atoms with Crippen LogP contribution < -0.4 is 0 Å². The number of halogens is 1. The number of rotatable bonds is 4. The molecule has 0 bridgehead atoms. The molecule has 0 unspecified atom stereocenters. The minimum atomic E-state index is -0.261. The fourth-order valence-electron chi connectivity index (χ4n) is 2.65. The molecule has 1 aromatic heterocycles. The molecule has 0 aliphatic heterocycles. The maximum atomic E-state index is 10.2. The molecule has 0 saturated heterocycles. The van der Waals surface area contributed by atoms with Crippen molar-refractivity contribution in [3.05, 3.63) is 52.5 Å². The summed E-state index contributed by atoms with van der Waals surface area (Å²) in [5.74, 6) is 0.253. The molecule has 0 radical (unpaired) electrons. The van der Waals surface area contributed by atoms with Crippen molar-refractivity contribution in [2.75, 3.05) is 0 Å². The Morgan fingerprint density at radius 1 is 1.00 bits per heavy atom. The summed E-state index contributed by atoms with van der Waals surface area (Å²) in [6, 6.07) is 9.87. The van der Waals surface area contributed by atoms with Crippen LogP contribution in [0.15, 0.2) is 36.4 Å². The molecule has 3 rings (SSSR count).